The third kappa shape index (κ3) is 45.9. The zero-order valence-corrected chi connectivity index (χ0v) is 40.8. The highest BCUT2D eigenvalue weighted by Crippen LogP contribution is 2.17. The summed E-state index contributed by atoms with van der Waals surface area (Å²) in [5.41, 5.74) is 0. The molecule has 0 aliphatic rings. The van der Waals surface area contributed by atoms with Gasteiger partial charge in [0.15, 0.2) is 12.4 Å². The van der Waals surface area contributed by atoms with Crippen LogP contribution < -0.4 is 5.11 Å². The molecule has 0 N–H and O–H groups in total. The molecular weight excluding hydrogens is 767 g/mol. The zero-order chi connectivity index (χ0) is 44.9. The highest BCUT2D eigenvalue weighted by atomic mass is 16.7. The number of carboxylic acids is 1. The topological polar surface area (TPSA) is 111 Å². The predicted octanol–water partition coefficient (Wildman–Crippen LogP) is 12.9. The van der Waals surface area contributed by atoms with E-state index >= 15 is 0 Å². The monoisotopic (exact) mass is 866 g/mol. The molecule has 0 aliphatic carbocycles. The first-order valence-corrected chi connectivity index (χ1v) is 25.8. The molecule has 0 heterocycles. The Morgan fingerprint density at radius 2 is 0.869 bits per heavy atom. The number of nitrogens with zero attached hydrogens (tertiary/aromatic N) is 1. The molecule has 2 unspecified atom stereocenters. The first kappa shape index (κ1) is 59.0. The Kier molecular flexibility index (Phi) is 43.2. The van der Waals surface area contributed by atoms with E-state index in [0.717, 1.165) is 57.8 Å². The maximum atomic E-state index is 12.7. The van der Waals surface area contributed by atoms with Gasteiger partial charge in [0.2, 0.25) is 0 Å². The lowest BCUT2D eigenvalue weighted by atomic mass is 10.0. The number of unbranched alkanes of at least 4 members (excludes halogenated alkanes) is 31. The van der Waals surface area contributed by atoms with Crippen molar-refractivity contribution in [1.29, 1.82) is 0 Å². The fourth-order valence-corrected chi connectivity index (χ4v) is 7.48. The maximum Gasteiger partial charge on any atom is 0.306 e. The molecule has 0 spiro atoms. The summed E-state index contributed by atoms with van der Waals surface area (Å²) >= 11 is 0. The van der Waals surface area contributed by atoms with Gasteiger partial charge >= 0.3 is 11.9 Å². The number of quaternary nitrogens is 1. The standard InChI is InChI=1S/C52H99NO8/c1-6-8-10-12-14-16-18-19-20-21-22-23-24-25-26-27-28-29-30-31-32-33-35-36-38-40-42-49(54)59-46-48(47-60-52(51(56)57)58-45-44-53(3,4)5)61-50(55)43-41-39-37-34-17-15-13-11-9-7-2/h11,13,48,52H,6-10,12,14-47H2,1-5H3/b13-11-. The Labute approximate surface area is 376 Å². The number of carboxylic acid groups (broad SMARTS) is 1. The van der Waals surface area contributed by atoms with Crippen molar-refractivity contribution >= 4 is 17.9 Å². The summed E-state index contributed by atoms with van der Waals surface area (Å²) in [4.78, 5) is 37.0. The van der Waals surface area contributed by atoms with Crippen molar-refractivity contribution in [1.82, 2.24) is 0 Å². The lowest BCUT2D eigenvalue weighted by molar-refractivity contribution is -0.870. The van der Waals surface area contributed by atoms with Crippen LogP contribution in [0.4, 0.5) is 0 Å². The summed E-state index contributed by atoms with van der Waals surface area (Å²) in [6, 6.07) is 0. The smallest absolute Gasteiger partial charge is 0.306 e. The van der Waals surface area contributed by atoms with Crippen LogP contribution in [0.25, 0.3) is 0 Å². The van der Waals surface area contributed by atoms with Crippen molar-refractivity contribution in [2.24, 2.45) is 0 Å². The van der Waals surface area contributed by atoms with Gasteiger partial charge in [0.1, 0.15) is 13.2 Å². The summed E-state index contributed by atoms with van der Waals surface area (Å²) < 4.78 is 22.6. The van der Waals surface area contributed by atoms with Gasteiger partial charge in [-0.1, -0.05) is 212 Å². The molecular formula is C52H99NO8. The minimum Gasteiger partial charge on any atom is -0.545 e. The molecule has 0 saturated carbocycles. The van der Waals surface area contributed by atoms with Crippen LogP contribution in [0.15, 0.2) is 12.2 Å². The molecule has 61 heavy (non-hydrogen) atoms. The number of rotatable bonds is 48. The van der Waals surface area contributed by atoms with Gasteiger partial charge in [-0.2, -0.15) is 0 Å². The van der Waals surface area contributed by atoms with Gasteiger partial charge in [-0.05, 0) is 32.1 Å². The SMILES string of the molecule is CCC/C=C\CCCCCCCC(=O)OC(COC(=O)CCCCCCCCCCCCCCCCCCCCCCCCCCCC)COC(OCC[N+](C)(C)C)C(=O)[O-]. The second-order valence-electron chi connectivity index (χ2n) is 18.8. The number of likely N-dealkylation sites (N-methyl/N-ethyl adjacent to an activating group) is 1. The van der Waals surface area contributed by atoms with Gasteiger partial charge in [-0.25, -0.2) is 0 Å². The minimum atomic E-state index is -1.62. The Hall–Kier alpha value is -1.97. The van der Waals surface area contributed by atoms with E-state index in [1.54, 1.807) is 0 Å². The van der Waals surface area contributed by atoms with Crippen molar-refractivity contribution in [3.63, 3.8) is 0 Å². The van der Waals surface area contributed by atoms with Gasteiger partial charge < -0.3 is 33.3 Å². The Balaban J connectivity index is 4.10. The van der Waals surface area contributed by atoms with E-state index in [1.807, 2.05) is 21.1 Å². The van der Waals surface area contributed by atoms with E-state index in [-0.39, 0.29) is 32.2 Å². The molecule has 0 rings (SSSR count). The molecule has 0 radical (unpaired) electrons. The summed E-state index contributed by atoms with van der Waals surface area (Å²) in [5.74, 6) is -2.28. The fourth-order valence-electron chi connectivity index (χ4n) is 7.48. The van der Waals surface area contributed by atoms with Crippen LogP contribution in [0.5, 0.6) is 0 Å². The number of carbonyl (C=O) groups excluding carboxylic acids is 3. The lowest BCUT2D eigenvalue weighted by Crippen LogP contribution is -2.44. The van der Waals surface area contributed by atoms with Gasteiger partial charge in [0.05, 0.1) is 40.3 Å². The van der Waals surface area contributed by atoms with Crippen molar-refractivity contribution in [3.05, 3.63) is 12.2 Å². The number of ether oxygens (including phenoxy) is 4. The molecule has 0 fully saturated rings. The van der Waals surface area contributed by atoms with Gasteiger partial charge in [0, 0.05) is 12.8 Å². The van der Waals surface area contributed by atoms with E-state index in [2.05, 4.69) is 26.0 Å². The van der Waals surface area contributed by atoms with Gasteiger partial charge in [0.25, 0.3) is 0 Å². The highest BCUT2D eigenvalue weighted by molar-refractivity contribution is 5.70. The molecule has 0 aromatic rings. The van der Waals surface area contributed by atoms with Crippen LogP contribution in [0.3, 0.4) is 0 Å². The van der Waals surface area contributed by atoms with E-state index in [9.17, 15) is 19.5 Å². The number of aliphatic carboxylic acids is 1. The maximum absolute atomic E-state index is 12.7. The predicted molar refractivity (Wildman–Crippen MR) is 251 cm³/mol. The summed E-state index contributed by atoms with van der Waals surface area (Å²) in [5, 5.41) is 11.7. The number of esters is 2. The summed E-state index contributed by atoms with van der Waals surface area (Å²) in [7, 11) is 5.91. The Morgan fingerprint density at radius 3 is 1.28 bits per heavy atom. The first-order valence-electron chi connectivity index (χ1n) is 25.8. The van der Waals surface area contributed by atoms with E-state index < -0.39 is 24.3 Å². The molecule has 0 bridgehead atoms. The van der Waals surface area contributed by atoms with Crippen LogP contribution in [-0.4, -0.2) is 82.3 Å². The molecule has 9 nitrogen and oxygen atoms in total. The van der Waals surface area contributed by atoms with Gasteiger partial charge in [-0.15, -0.1) is 0 Å². The van der Waals surface area contributed by atoms with Crippen LogP contribution in [0, 0.1) is 0 Å². The van der Waals surface area contributed by atoms with Crippen LogP contribution in [-0.2, 0) is 33.3 Å². The third-order valence-corrected chi connectivity index (χ3v) is 11.5. The third-order valence-electron chi connectivity index (χ3n) is 11.5. The Bertz CT molecular complexity index is 1010. The zero-order valence-electron chi connectivity index (χ0n) is 40.8. The van der Waals surface area contributed by atoms with E-state index in [4.69, 9.17) is 18.9 Å². The molecule has 2 atom stereocenters. The number of hydrogen-bond donors (Lipinski definition) is 0. The van der Waals surface area contributed by atoms with Crippen LogP contribution >= 0.6 is 0 Å². The van der Waals surface area contributed by atoms with Crippen molar-refractivity contribution < 1.29 is 42.9 Å². The van der Waals surface area contributed by atoms with E-state index in [0.29, 0.717) is 23.9 Å². The average Bonchev–Trinajstić information content (AvgIpc) is 3.22. The number of allylic oxidation sites excluding steroid dienone is 2. The lowest BCUT2D eigenvalue weighted by Gasteiger charge is -2.26. The van der Waals surface area contributed by atoms with Crippen LogP contribution in [0.2, 0.25) is 0 Å². The number of carbonyl (C=O) groups is 3. The van der Waals surface area contributed by atoms with Crippen LogP contribution in [0.1, 0.15) is 245 Å². The number of hydrogen-bond acceptors (Lipinski definition) is 8. The van der Waals surface area contributed by atoms with Crippen molar-refractivity contribution in [3.8, 4) is 0 Å². The van der Waals surface area contributed by atoms with E-state index in [1.165, 1.54) is 154 Å². The molecule has 9 heteroatoms. The molecule has 360 valence electrons. The normalized spacial score (nSPS) is 12.9. The molecule has 0 aliphatic heterocycles. The average molecular weight is 866 g/mol. The second-order valence-corrected chi connectivity index (χ2v) is 18.8. The van der Waals surface area contributed by atoms with Crippen molar-refractivity contribution in [2.45, 2.75) is 257 Å². The molecule has 0 aromatic carbocycles. The molecule has 0 aromatic heterocycles. The first-order chi connectivity index (χ1) is 29.6. The van der Waals surface area contributed by atoms with Crippen molar-refractivity contribution in [2.75, 3.05) is 47.5 Å². The second kappa shape index (κ2) is 44.6. The summed E-state index contributed by atoms with van der Waals surface area (Å²) in [6.45, 7) is 4.70. The molecule has 0 saturated heterocycles. The quantitative estimate of drug-likeness (QED) is 0.0195. The summed E-state index contributed by atoms with van der Waals surface area (Å²) in [6.07, 6.45) is 45.6. The fraction of sp³-hybridized carbons (Fsp3) is 0.904. The highest BCUT2D eigenvalue weighted by Gasteiger charge is 2.22. The molecule has 0 amide bonds. The minimum absolute atomic E-state index is 0.149. The Morgan fingerprint density at radius 1 is 0.475 bits per heavy atom. The largest absolute Gasteiger partial charge is 0.545 e. The van der Waals surface area contributed by atoms with Gasteiger partial charge in [-0.3, -0.25) is 9.59 Å².